The van der Waals surface area contributed by atoms with Crippen LogP contribution in [0.25, 0.3) is 0 Å². The molecule has 0 saturated heterocycles. The molecule has 0 radical (unpaired) electrons. The Morgan fingerprint density at radius 3 is 2.87 bits per heavy atom. The maximum Gasteiger partial charge on any atom is 0.227 e. The normalized spacial score (nSPS) is 11.9. The van der Waals surface area contributed by atoms with Crippen molar-refractivity contribution in [3.05, 3.63) is 28.2 Å². The van der Waals surface area contributed by atoms with E-state index in [9.17, 15) is 9.18 Å². The zero-order valence-electron chi connectivity index (χ0n) is 8.00. The van der Waals surface area contributed by atoms with E-state index in [2.05, 4.69) is 20.9 Å². The van der Waals surface area contributed by atoms with Crippen LogP contribution in [0.4, 0.5) is 4.39 Å². The lowest BCUT2D eigenvalue weighted by Gasteiger charge is -2.04. The molecule has 1 aromatic heterocycles. The summed E-state index contributed by atoms with van der Waals surface area (Å²) in [5.74, 6) is -1.62. The van der Waals surface area contributed by atoms with E-state index in [1.54, 1.807) is 6.07 Å². The first-order valence-electron chi connectivity index (χ1n) is 4.25. The summed E-state index contributed by atoms with van der Waals surface area (Å²) in [4.78, 5) is 14.6. The molecule has 0 aliphatic heterocycles. The van der Waals surface area contributed by atoms with Crippen LogP contribution in [0, 0.1) is 23.2 Å². The fourth-order valence-electron chi connectivity index (χ4n) is 1.06. The Kier molecular flexibility index (Phi) is 3.92. The highest BCUT2D eigenvalue weighted by Crippen LogP contribution is 2.15. The Labute approximate surface area is 95.1 Å². The first-order valence-corrected chi connectivity index (χ1v) is 5.05. The Morgan fingerprint density at radius 1 is 1.73 bits per heavy atom. The molecule has 0 aliphatic carbocycles. The number of carbonyl (C=O) groups excluding carboxylic acids is 1. The molecule has 1 heterocycles. The fraction of sp³-hybridized carbons (Fsp3) is 0.300. The van der Waals surface area contributed by atoms with E-state index < -0.39 is 11.9 Å². The quantitative estimate of drug-likeness (QED) is 0.792. The van der Waals surface area contributed by atoms with E-state index in [0.29, 0.717) is 5.69 Å². The molecule has 0 aliphatic rings. The van der Waals surface area contributed by atoms with Gasteiger partial charge in [0.25, 0.3) is 0 Å². The number of Topliss-reactive ketones (excluding diaryl/α,β-unsaturated/α-hetero) is 1. The molecule has 0 saturated carbocycles. The highest BCUT2D eigenvalue weighted by atomic mass is 79.9. The van der Waals surface area contributed by atoms with Gasteiger partial charge in [-0.15, -0.1) is 0 Å². The summed E-state index contributed by atoms with van der Waals surface area (Å²) in [6.45, 7) is 1.34. The summed E-state index contributed by atoms with van der Waals surface area (Å²) in [5.41, 5.74) is 0.400. The second-order valence-electron chi connectivity index (χ2n) is 3.07. The summed E-state index contributed by atoms with van der Waals surface area (Å²) < 4.78 is 13.3. The molecule has 5 heteroatoms. The molecular formula is C10H8BrFN2O. The van der Waals surface area contributed by atoms with Crippen LogP contribution in [0.1, 0.15) is 12.6 Å². The third-order valence-electron chi connectivity index (χ3n) is 1.92. The molecule has 0 fully saturated rings. The molecule has 15 heavy (non-hydrogen) atoms. The van der Waals surface area contributed by atoms with Crippen molar-refractivity contribution in [3.63, 3.8) is 0 Å². The average molecular weight is 271 g/mol. The fourth-order valence-corrected chi connectivity index (χ4v) is 1.28. The number of hydrogen-bond acceptors (Lipinski definition) is 3. The van der Waals surface area contributed by atoms with Crippen LogP contribution in [-0.2, 0) is 11.2 Å². The number of halogens is 2. The Bertz CT molecular complexity index is 428. The van der Waals surface area contributed by atoms with Gasteiger partial charge in [0, 0.05) is 12.1 Å². The number of rotatable bonds is 3. The summed E-state index contributed by atoms with van der Waals surface area (Å²) in [5, 5.41) is 8.68. The zero-order chi connectivity index (χ0) is 11.4. The van der Waals surface area contributed by atoms with Crippen molar-refractivity contribution < 1.29 is 9.18 Å². The number of aromatic nitrogens is 1. The van der Waals surface area contributed by atoms with Crippen LogP contribution in [0.5, 0.6) is 0 Å². The lowest BCUT2D eigenvalue weighted by molar-refractivity contribution is -0.119. The molecule has 1 unspecified atom stereocenters. The first kappa shape index (κ1) is 11.8. The SMILES string of the molecule is CC(=O)C(C#N)Cc1ccc(Br)c(F)n1. The van der Waals surface area contributed by atoms with E-state index in [1.165, 1.54) is 13.0 Å². The lowest BCUT2D eigenvalue weighted by Crippen LogP contribution is -2.12. The topological polar surface area (TPSA) is 53.8 Å². The Morgan fingerprint density at radius 2 is 2.40 bits per heavy atom. The maximum absolute atomic E-state index is 13.0. The number of pyridine rings is 1. The van der Waals surface area contributed by atoms with E-state index in [-0.39, 0.29) is 16.7 Å². The Balaban J connectivity index is 2.86. The number of nitrogens with zero attached hydrogens (tertiary/aromatic N) is 2. The predicted molar refractivity (Wildman–Crippen MR) is 55.4 cm³/mol. The van der Waals surface area contributed by atoms with Crippen molar-refractivity contribution in [1.29, 1.82) is 5.26 Å². The van der Waals surface area contributed by atoms with Crippen molar-refractivity contribution in [2.75, 3.05) is 0 Å². The average Bonchev–Trinajstić information content (AvgIpc) is 2.19. The van der Waals surface area contributed by atoms with Gasteiger partial charge >= 0.3 is 0 Å². The summed E-state index contributed by atoms with van der Waals surface area (Å²) in [6.07, 6.45) is 0.149. The minimum Gasteiger partial charge on any atom is -0.299 e. The molecule has 0 spiro atoms. The number of hydrogen-bond donors (Lipinski definition) is 0. The van der Waals surface area contributed by atoms with Gasteiger partial charge in [0.15, 0.2) is 0 Å². The van der Waals surface area contributed by atoms with Crippen molar-refractivity contribution in [1.82, 2.24) is 4.98 Å². The van der Waals surface area contributed by atoms with Gasteiger partial charge in [-0.05, 0) is 35.0 Å². The van der Waals surface area contributed by atoms with Crippen molar-refractivity contribution in [2.45, 2.75) is 13.3 Å². The molecule has 78 valence electrons. The van der Waals surface area contributed by atoms with E-state index in [4.69, 9.17) is 5.26 Å². The van der Waals surface area contributed by atoms with Crippen LogP contribution in [0.2, 0.25) is 0 Å². The molecule has 3 nitrogen and oxygen atoms in total. The Hall–Kier alpha value is -1.28. The number of ketones is 1. The summed E-state index contributed by atoms with van der Waals surface area (Å²) >= 11 is 2.97. The minimum atomic E-state index is -0.752. The third kappa shape index (κ3) is 3.10. The van der Waals surface area contributed by atoms with Gasteiger partial charge in [0.1, 0.15) is 11.7 Å². The molecule has 1 atom stereocenters. The van der Waals surface area contributed by atoms with Crippen molar-refractivity contribution in [2.24, 2.45) is 5.92 Å². The first-order chi connectivity index (χ1) is 7.04. The van der Waals surface area contributed by atoms with Gasteiger partial charge in [-0.25, -0.2) is 4.98 Å². The highest BCUT2D eigenvalue weighted by molar-refractivity contribution is 9.10. The second kappa shape index (κ2) is 4.99. The monoisotopic (exact) mass is 270 g/mol. The molecule has 0 bridgehead atoms. The van der Waals surface area contributed by atoms with Gasteiger partial charge in [0.2, 0.25) is 5.95 Å². The standard InChI is InChI=1S/C10H8BrFN2O/c1-6(15)7(5-13)4-8-2-3-9(11)10(12)14-8/h2-3,7H,4H2,1H3. The predicted octanol–water partition coefficient (Wildman–Crippen LogP) is 2.25. The molecule has 0 aromatic carbocycles. The van der Waals surface area contributed by atoms with Crippen LogP contribution in [0.15, 0.2) is 16.6 Å². The molecular weight excluding hydrogens is 263 g/mol. The van der Waals surface area contributed by atoms with E-state index in [0.717, 1.165) is 0 Å². The molecule has 0 amide bonds. The summed E-state index contributed by atoms with van der Waals surface area (Å²) in [6, 6.07) is 4.95. The largest absolute Gasteiger partial charge is 0.299 e. The number of carbonyl (C=O) groups is 1. The van der Waals surface area contributed by atoms with Gasteiger partial charge in [-0.3, -0.25) is 4.79 Å². The highest BCUT2D eigenvalue weighted by Gasteiger charge is 2.15. The maximum atomic E-state index is 13.0. The summed E-state index contributed by atoms with van der Waals surface area (Å²) in [7, 11) is 0. The number of nitriles is 1. The third-order valence-corrected chi connectivity index (χ3v) is 2.51. The minimum absolute atomic E-state index is 0.149. The smallest absolute Gasteiger partial charge is 0.227 e. The van der Waals surface area contributed by atoms with Crippen LogP contribution >= 0.6 is 15.9 Å². The van der Waals surface area contributed by atoms with Gasteiger partial charge < -0.3 is 0 Å². The van der Waals surface area contributed by atoms with Crippen LogP contribution in [-0.4, -0.2) is 10.8 Å². The van der Waals surface area contributed by atoms with E-state index in [1.807, 2.05) is 6.07 Å². The van der Waals surface area contributed by atoms with E-state index >= 15 is 0 Å². The van der Waals surface area contributed by atoms with Gasteiger partial charge in [-0.2, -0.15) is 9.65 Å². The lowest BCUT2D eigenvalue weighted by atomic mass is 10.0. The van der Waals surface area contributed by atoms with Gasteiger partial charge in [0.05, 0.1) is 10.5 Å². The zero-order valence-corrected chi connectivity index (χ0v) is 9.58. The van der Waals surface area contributed by atoms with Gasteiger partial charge in [-0.1, -0.05) is 0 Å². The van der Waals surface area contributed by atoms with Crippen LogP contribution < -0.4 is 0 Å². The molecule has 0 N–H and O–H groups in total. The second-order valence-corrected chi connectivity index (χ2v) is 3.93. The molecule has 1 rings (SSSR count). The van der Waals surface area contributed by atoms with Crippen molar-refractivity contribution >= 4 is 21.7 Å². The molecule has 1 aromatic rings. The van der Waals surface area contributed by atoms with Crippen molar-refractivity contribution in [3.8, 4) is 6.07 Å². The van der Waals surface area contributed by atoms with Crippen LogP contribution in [0.3, 0.4) is 0 Å².